The molecule has 1 saturated heterocycles. The molecule has 1 nitrogen and oxygen atoms in total. The molecule has 2 aliphatic heterocycles. The summed E-state index contributed by atoms with van der Waals surface area (Å²) in [5, 5.41) is 6.91. The van der Waals surface area contributed by atoms with E-state index in [-0.39, 0.29) is 0 Å². The molecule has 90 valence electrons. The van der Waals surface area contributed by atoms with Crippen molar-refractivity contribution in [2.45, 2.75) is 24.9 Å². The number of rotatable bonds is 0. The number of para-hydroxylation sites is 2. The van der Waals surface area contributed by atoms with E-state index in [0.29, 0.717) is 0 Å². The minimum absolute atomic E-state index is 1.37. The van der Waals surface area contributed by atoms with Gasteiger partial charge in [0.1, 0.15) is 8.07 Å². The molecular formula is C16H17NSi. The van der Waals surface area contributed by atoms with Gasteiger partial charge in [0.05, 0.1) is 0 Å². The van der Waals surface area contributed by atoms with E-state index in [1.54, 1.807) is 10.4 Å². The smallest absolute Gasteiger partial charge is 0.123 e. The third kappa shape index (κ3) is 1.27. The first-order valence-electron chi connectivity index (χ1n) is 6.86. The van der Waals surface area contributed by atoms with Crippen LogP contribution in [0.5, 0.6) is 0 Å². The molecule has 0 saturated carbocycles. The third-order valence-corrected chi connectivity index (χ3v) is 9.96. The molecule has 0 radical (unpaired) electrons. The van der Waals surface area contributed by atoms with Crippen LogP contribution in [0.1, 0.15) is 12.8 Å². The van der Waals surface area contributed by atoms with Gasteiger partial charge in [0.2, 0.25) is 0 Å². The molecule has 1 spiro atoms. The maximum absolute atomic E-state index is 3.63. The minimum Gasteiger partial charge on any atom is -0.356 e. The number of nitrogens with one attached hydrogen (secondary N) is 1. The van der Waals surface area contributed by atoms with Crippen LogP contribution in [0.3, 0.4) is 0 Å². The van der Waals surface area contributed by atoms with Gasteiger partial charge in [0, 0.05) is 11.4 Å². The Hall–Kier alpha value is -1.54. The fourth-order valence-electron chi connectivity index (χ4n) is 3.83. The first kappa shape index (κ1) is 10.4. The van der Waals surface area contributed by atoms with Gasteiger partial charge in [-0.1, -0.05) is 49.2 Å². The van der Waals surface area contributed by atoms with Crippen LogP contribution in [0.2, 0.25) is 12.1 Å². The van der Waals surface area contributed by atoms with Gasteiger partial charge >= 0.3 is 0 Å². The van der Waals surface area contributed by atoms with Crippen molar-refractivity contribution in [3.8, 4) is 0 Å². The molecule has 0 unspecified atom stereocenters. The zero-order valence-corrected chi connectivity index (χ0v) is 11.4. The lowest BCUT2D eigenvalue weighted by Crippen LogP contribution is -2.59. The summed E-state index contributed by atoms with van der Waals surface area (Å²) >= 11 is 0. The van der Waals surface area contributed by atoms with Crippen LogP contribution < -0.4 is 15.7 Å². The normalized spacial score (nSPS) is 19.1. The maximum atomic E-state index is 3.63. The summed E-state index contributed by atoms with van der Waals surface area (Å²) in [7, 11) is -1.42. The van der Waals surface area contributed by atoms with Crippen LogP contribution >= 0.6 is 0 Å². The van der Waals surface area contributed by atoms with Crippen LogP contribution in [0.4, 0.5) is 11.4 Å². The molecule has 0 bridgehead atoms. The summed E-state index contributed by atoms with van der Waals surface area (Å²) in [4.78, 5) is 0. The Morgan fingerprint density at radius 2 is 1.22 bits per heavy atom. The van der Waals surface area contributed by atoms with Gasteiger partial charge in [0.15, 0.2) is 0 Å². The quantitative estimate of drug-likeness (QED) is 0.710. The van der Waals surface area contributed by atoms with Gasteiger partial charge in [0.25, 0.3) is 0 Å². The fourth-order valence-corrected chi connectivity index (χ4v) is 9.30. The van der Waals surface area contributed by atoms with Crippen LogP contribution in [-0.4, -0.2) is 8.07 Å². The van der Waals surface area contributed by atoms with Crippen LogP contribution in [0.25, 0.3) is 0 Å². The standard InChI is InChI=1S/C16H17NSi/c1-3-9-15-13(7-1)17-14-8-2-4-10-16(14)18(15)11-5-6-12-18/h1-4,7-10,17H,5-6,11-12H2. The van der Waals surface area contributed by atoms with Crippen LogP contribution in [0.15, 0.2) is 48.5 Å². The van der Waals surface area contributed by atoms with E-state index in [9.17, 15) is 0 Å². The molecule has 0 atom stereocenters. The van der Waals surface area contributed by atoms with Crippen molar-refractivity contribution in [3.05, 3.63) is 48.5 Å². The molecule has 1 N–H and O–H groups in total. The highest BCUT2D eigenvalue weighted by atomic mass is 28.3. The van der Waals surface area contributed by atoms with Crippen molar-refractivity contribution in [1.29, 1.82) is 0 Å². The average Bonchev–Trinajstić information content (AvgIpc) is 2.90. The van der Waals surface area contributed by atoms with Crippen LogP contribution in [0, 0.1) is 0 Å². The van der Waals surface area contributed by atoms with Crippen molar-refractivity contribution in [1.82, 2.24) is 0 Å². The summed E-state index contributed by atoms with van der Waals surface area (Å²) < 4.78 is 0. The first-order valence-corrected chi connectivity index (χ1v) is 9.28. The van der Waals surface area contributed by atoms with Crippen molar-refractivity contribution in [2.24, 2.45) is 0 Å². The van der Waals surface area contributed by atoms with Crippen molar-refractivity contribution in [3.63, 3.8) is 0 Å². The van der Waals surface area contributed by atoms with Crippen LogP contribution in [-0.2, 0) is 0 Å². The zero-order valence-electron chi connectivity index (χ0n) is 10.4. The number of anilines is 2. The Bertz CT molecular complexity index is 552. The van der Waals surface area contributed by atoms with E-state index in [4.69, 9.17) is 0 Å². The summed E-state index contributed by atoms with van der Waals surface area (Å²) in [6.45, 7) is 0. The molecule has 2 aromatic carbocycles. The van der Waals surface area contributed by atoms with E-state index < -0.39 is 8.07 Å². The Labute approximate surface area is 109 Å². The minimum atomic E-state index is -1.42. The van der Waals surface area contributed by atoms with E-state index in [2.05, 4.69) is 53.8 Å². The van der Waals surface area contributed by atoms with E-state index in [1.165, 1.54) is 36.3 Å². The third-order valence-electron chi connectivity index (χ3n) is 4.61. The lowest BCUT2D eigenvalue weighted by molar-refractivity contribution is 0.935. The molecular weight excluding hydrogens is 234 g/mol. The molecule has 2 aromatic rings. The number of hydrogen-bond acceptors (Lipinski definition) is 1. The Kier molecular flexibility index (Phi) is 2.15. The van der Waals surface area contributed by atoms with Gasteiger partial charge in [-0.2, -0.15) is 0 Å². The number of benzene rings is 2. The van der Waals surface area contributed by atoms with Gasteiger partial charge in [-0.25, -0.2) is 0 Å². The number of hydrogen-bond donors (Lipinski definition) is 1. The molecule has 2 heteroatoms. The summed E-state index contributed by atoms with van der Waals surface area (Å²) in [6, 6.07) is 20.8. The van der Waals surface area contributed by atoms with E-state index in [0.717, 1.165) is 0 Å². The van der Waals surface area contributed by atoms with Crippen molar-refractivity contribution < 1.29 is 0 Å². The summed E-state index contributed by atoms with van der Waals surface area (Å²) in [5.74, 6) is 0. The lowest BCUT2D eigenvalue weighted by atomic mass is 10.2. The SMILES string of the molecule is c1ccc2c(c1)Nc1ccccc1[Si]21CCCC1. The molecule has 1 fully saturated rings. The molecule has 2 heterocycles. The Balaban J connectivity index is 2.01. The topological polar surface area (TPSA) is 12.0 Å². The Morgan fingerprint density at radius 3 is 1.78 bits per heavy atom. The summed E-state index contributed by atoms with van der Waals surface area (Å²) in [6.07, 6.45) is 2.82. The molecule has 0 amide bonds. The summed E-state index contributed by atoms with van der Waals surface area (Å²) in [5.41, 5.74) is 2.73. The van der Waals surface area contributed by atoms with Crippen molar-refractivity contribution in [2.75, 3.05) is 5.32 Å². The second-order valence-electron chi connectivity index (χ2n) is 5.51. The fraction of sp³-hybridized carbons (Fsp3) is 0.250. The molecule has 0 aliphatic carbocycles. The second kappa shape index (κ2) is 3.72. The van der Waals surface area contributed by atoms with Gasteiger partial charge in [-0.15, -0.1) is 0 Å². The molecule has 0 aromatic heterocycles. The second-order valence-corrected chi connectivity index (χ2v) is 9.75. The van der Waals surface area contributed by atoms with Gasteiger partial charge < -0.3 is 5.32 Å². The average molecular weight is 251 g/mol. The largest absolute Gasteiger partial charge is 0.356 e. The van der Waals surface area contributed by atoms with E-state index in [1.807, 2.05) is 0 Å². The highest BCUT2D eigenvalue weighted by Crippen LogP contribution is 2.36. The van der Waals surface area contributed by atoms with Gasteiger partial charge in [-0.05, 0) is 34.6 Å². The monoisotopic (exact) mass is 251 g/mol. The first-order chi connectivity index (χ1) is 8.90. The molecule has 2 aliphatic rings. The van der Waals surface area contributed by atoms with E-state index >= 15 is 0 Å². The highest BCUT2D eigenvalue weighted by Gasteiger charge is 2.44. The van der Waals surface area contributed by atoms with Gasteiger partial charge in [-0.3, -0.25) is 0 Å². The van der Waals surface area contributed by atoms with Crippen molar-refractivity contribution >= 4 is 29.8 Å². The zero-order chi connectivity index (χ0) is 12.0. The Morgan fingerprint density at radius 1 is 0.722 bits per heavy atom. The lowest BCUT2D eigenvalue weighted by Gasteiger charge is -2.36. The highest BCUT2D eigenvalue weighted by molar-refractivity contribution is 7.04. The molecule has 18 heavy (non-hydrogen) atoms. The predicted molar refractivity (Wildman–Crippen MR) is 80.0 cm³/mol. The number of fused-ring (bicyclic) bond motifs is 4. The predicted octanol–water partition coefficient (Wildman–Crippen LogP) is 3.10. The maximum Gasteiger partial charge on any atom is 0.123 e. The molecule has 4 rings (SSSR count).